The van der Waals surface area contributed by atoms with Crippen LogP contribution < -0.4 is 5.32 Å². The molecule has 0 aromatic carbocycles. The third-order valence-electron chi connectivity index (χ3n) is 2.81. The lowest BCUT2D eigenvalue weighted by Crippen LogP contribution is -2.22. The van der Waals surface area contributed by atoms with Gasteiger partial charge in [-0.05, 0) is 17.9 Å². The second kappa shape index (κ2) is 5.36. The van der Waals surface area contributed by atoms with Crippen LogP contribution >= 0.6 is 11.6 Å². The van der Waals surface area contributed by atoms with Crippen LogP contribution in [0.2, 0.25) is 5.02 Å². The van der Waals surface area contributed by atoms with Crippen LogP contribution in [0.15, 0.2) is 12.3 Å². The summed E-state index contributed by atoms with van der Waals surface area (Å²) in [5, 5.41) is 12.2. The number of rotatable bonds is 5. The van der Waals surface area contributed by atoms with Crippen LogP contribution in [-0.4, -0.2) is 22.6 Å². The standard InChI is InChI=1S/C12H17ClN2O2/c1-4-12(2,3)7-15-10-9(13)8(11(16)17)5-6-14-10/h5-6H,4,7H2,1-3H3,(H,14,15)(H,16,17). The second-order valence-corrected chi connectivity index (χ2v) is 5.08. The molecule has 1 heterocycles. The Morgan fingerprint density at radius 1 is 1.59 bits per heavy atom. The molecular formula is C12H17ClN2O2. The molecule has 0 saturated carbocycles. The third-order valence-corrected chi connectivity index (χ3v) is 3.19. The maximum absolute atomic E-state index is 10.9. The lowest BCUT2D eigenvalue weighted by molar-refractivity contribution is 0.0697. The molecule has 0 aliphatic heterocycles. The van der Waals surface area contributed by atoms with Crippen LogP contribution in [0.5, 0.6) is 0 Å². The third kappa shape index (κ3) is 3.60. The Morgan fingerprint density at radius 2 is 2.24 bits per heavy atom. The molecule has 0 bridgehead atoms. The molecule has 0 aliphatic carbocycles. The Kier molecular flexibility index (Phi) is 4.34. The highest BCUT2D eigenvalue weighted by Gasteiger charge is 2.17. The molecule has 0 spiro atoms. The van der Waals surface area contributed by atoms with Crippen molar-refractivity contribution in [2.45, 2.75) is 27.2 Å². The van der Waals surface area contributed by atoms with Crippen LogP contribution in [0.25, 0.3) is 0 Å². The number of anilines is 1. The highest BCUT2D eigenvalue weighted by atomic mass is 35.5. The summed E-state index contributed by atoms with van der Waals surface area (Å²) in [7, 11) is 0. The highest BCUT2D eigenvalue weighted by molar-refractivity contribution is 6.35. The molecule has 0 amide bonds. The minimum absolute atomic E-state index is 0.0680. The zero-order chi connectivity index (χ0) is 13.1. The van der Waals surface area contributed by atoms with Gasteiger partial charge >= 0.3 is 5.97 Å². The first-order valence-corrected chi connectivity index (χ1v) is 5.87. The molecule has 17 heavy (non-hydrogen) atoms. The molecule has 5 heteroatoms. The van der Waals surface area contributed by atoms with Gasteiger partial charge in [-0.3, -0.25) is 0 Å². The predicted octanol–water partition coefficient (Wildman–Crippen LogP) is 3.28. The van der Waals surface area contributed by atoms with Crippen molar-refractivity contribution in [3.63, 3.8) is 0 Å². The van der Waals surface area contributed by atoms with Gasteiger partial charge in [0.25, 0.3) is 0 Å². The number of hydrogen-bond donors (Lipinski definition) is 2. The number of aromatic carboxylic acids is 1. The summed E-state index contributed by atoms with van der Waals surface area (Å²) >= 11 is 5.97. The predicted molar refractivity (Wildman–Crippen MR) is 68.8 cm³/mol. The minimum Gasteiger partial charge on any atom is -0.478 e. The first-order chi connectivity index (χ1) is 7.87. The van der Waals surface area contributed by atoms with Crippen LogP contribution in [0.4, 0.5) is 5.82 Å². The lowest BCUT2D eigenvalue weighted by atomic mass is 9.90. The van der Waals surface area contributed by atoms with E-state index in [-0.39, 0.29) is 16.0 Å². The van der Waals surface area contributed by atoms with Crippen molar-refractivity contribution in [3.05, 3.63) is 22.8 Å². The van der Waals surface area contributed by atoms with Crippen LogP contribution in [-0.2, 0) is 0 Å². The van der Waals surface area contributed by atoms with Gasteiger partial charge in [0, 0.05) is 12.7 Å². The molecule has 0 unspecified atom stereocenters. The van der Waals surface area contributed by atoms with Crippen molar-refractivity contribution in [1.82, 2.24) is 4.98 Å². The van der Waals surface area contributed by atoms with Gasteiger partial charge in [-0.1, -0.05) is 32.4 Å². The van der Waals surface area contributed by atoms with Gasteiger partial charge in [-0.15, -0.1) is 0 Å². The van der Waals surface area contributed by atoms with Crippen molar-refractivity contribution < 1.29 is 9.90 Å². The summed E-state index contributed by atoms with van der Waals surface area (Å²) in [5.41, 5.74) is 0.183. The van der Waals surface area contributed by atoms with E-state index in [1.54, 1.807) is 0 Å². The average Bonchev–Trinajstić information content (AvgIpc) is 2.27. The number of carbonyl (C=O) groups is 1. The largest absolute Gasteiger partial charge is 0.478 e. The van der Waals surface area contributed by atoms with Gasteiger partial charge in [0.05, 0.1) is 10.6 Å². The number of pyridine rings is 1. The second-order valence-electron chi connectivity index (χ2n) is 4.70. The SMILES string of the molecule is CCC(C)(C)CNc1nccc(C(=O)O)c1Cl. The fourth-order valence-electron chi connectivity index (χ4n) is 1.18. The Balaban J connectivity index is 2.86. The lowest BCUT2D eigenvalue weighted by Gasteiger charge is -2.23. The molecule has 0 aliphatic rings. The monoisotopic (exact) mass is 256 g/mol. The van der Waals surface area contributed by atoms with Gasteiger partial charge in [0.15, 0.2) is 0 Å². The molecule has 4 nitrogen and oxygen atoms in total. The van der Waals surface area contributed by atoms with Gasteiger partial charge in [0.2, 0.25) is 0 Å². The molecule has 0 saturated heterocycles. The molecular weight excluding hydrogens is 240 g/mol. The van der Waals surface area contributed by atoms with Crippen molar-refractivity contribution in [2.24, 2.45) is 5.41 Å². The molecule has 0 fully saturated rings. The summed E-state index contributed by atoms with van der Waals surface area (Å²) in [6, 6.07) is 1.39. The normalized spacial score (nSPS) is 11.3. The smallest absolute Gasteiger partial charge is 0.337 e. The number of hydrogen-bond acceptors (Lipinski definition) is 3. The molecule has 1 rings (SSSR count). The van der Waals surface area contributed by atoms with Gasteiger partial charge in [0.1, 0.15) is 5.82 Å². The van der Waals surface area contributed by atoms with E-state index in [1.165, 1.54) is 12.3 Å². The van der Waals surface area contributed by atoms with E-state index in [1.807, 2.05) is 0 Å². The molecule has 2 N–H and O–H groups in total. The molecule has 94 valence electrons. The van der Waals surface area contributed by atoms with E-state index >= 15 is 0 Å². The topological polar surface area (TPSA) is 62.2 Å². The van der Waals surface area contributed by atoms with Crippen molar-refractivity contribution in [2.75, 3.05) is 11.9 Å². The van der Waals surface area contributed by atoms with Crippen LogP contribution in [0, 0.1) is 5.41 Å². The Morgan fingerprint density at radius 3 is 2.76 bits per heavy atom. The number of carboxylic acid groups (broad SMARTS) is 1. The summed E-state index contributed by atoms with van der Waals surface area (Å²) in [6.45, 7) is 7.04. The quantitative estimate of drug-likeness (QED) is 0.849. The van der Waals surface area contributed by atoms with E-state index in [2.05, 4.69) is 31.1 Å². The number of halogens is 1. The van der Waals surface area contributed by atoms with Gasteiger partial charge in [-0.25, -0.2) is 9.78 Å². The summed E-state index contributed by atoms with van der Waals surface area (Å²) < 4.78 is 0. The van der Waals surface area contributed by atoms with Gasteiger partial charge in [-0.2, -0.15) is 0 Å². The first-order valence-electron chi connectivity index (χ1n) is 5.49. The van der Waals surface area contributed by atoms with E-state index in [0.29, 0.717) is 12.4 Å². The Bertz CT molecular complexity index is 419. The highest BCUT2D eigenvalue weighted by Crippen LogP contribution is 2.26. The number of nitrogens with zero attached hydrogens (tertiary/aromatic N) is 1. The molecule has 1 aromatic rings. The van der Waals surface area contributed by atoms with E-state index in [9.17, 15) is 4.79 Å². The zero-order valence-electron chi connectivity index (χ0n) is 10.2. The van der Waals surface area contributed by atoms with Crippen molar-refractivity contribution >= 4 is 23.4 Å². The summed E-state index contributed by atoms with van der Waals surface area (Å²) in [5.74, 6) is -0.622. The number of carboxylic acids is 1. The molecule has 1 aromatic heterocycles. The maximum Gasteiger partial charge on any atom is 0.337 e. The van der Waals surface area contributed by atoms with E-state index in [4.69, 9.17) is 16.7 Å². The minimum atomic E-state index is -1.05. The van der Waals surface area contributed by atoms with E-state index in [0.717, 1.165) is 6.42 Å². The maximum atomic E-state index is 10.9. The molecule has 0 atom stereocenters. The Labute approximate surface area is 106 Å². The van der Waals surface area contributed by atoms with Crippen molar-refractivity contribution in [1.29, 1.82) is 0 Å². The summed E-state index contributed by atoms with van der Waals surface area (Å²) in [4.78, 5) is 14.9. The fourth-order valence-corrected chi connectivity index (χ4v) is 1.44. The zero-order valence-corrected chi connectivity index (χ0v) is 11.0. The van der Waals surface area contributed by atoms with Crippen LogP contribution in [0.1, 0.15) is 37.6 Å². The van der Waals surface area contributed by atoms with Crippen LogP contribution in [0.3, 0.4) is 0 Å². The average molecular weight is 257 g/mol. The van der Waals surface area contributed by atoms with E-state index < -0.39 is 5.97 Å². The van der Waals surface area contributed by atoms with Gasteiger partial charge < -0.3 is 10.4 Å². The van der Waals surface area contributed by atoms with Crippen molar-refractivity contribution in [3.8, 4) is 0 Å². The first kappa shape index (κ1) is 13.8. The Hall–Kier alpha value is -1.29. The fraction of sp³-hybridized carbons (Fsp3) is 0.500. The number of aromatic nitrogens is 1. The number of nitrogens with one attached hydrogen (secondary N) is 1. The molecule has 0 radical (unpaired) electrons. The summed E-state index contributed by atoms with van der Waals surface area (Å²) in [6.07, 6.45) is 2.45.